The molecular formula is C26H33ClN2O3. The maximum Gasteiger partial charge on any atom is 0.261 e. The van der Waals surface area contributed by atoms with Gasteiger partial charge in [0.05, 0.1) is 0 Å². The zero-order valence-electron chi connectivity index (χ0n) is 19.2. The number of ether oxygens (including phenoxy) is 1. The molecule has 1 aliphatic carbocycles. The fourth-order valence-electron chi connectivity index (χ4n) is 4.07. The molecule has 3 rings (SSSR count). The van der Waals surface area contributed by atoms with Gasteiger partial charge in [-0.2, -0.15) is 0 Å². The van der Waals surface area contributed by atoms with Crippen LogP contribution in [0.15, 0.2) is 42.5 Å². The third-order valence-corrected chi connectivity index (χ3v) is 6.29. The number of nitrogens with zero attached hydrogens (tertiary/aromatic N) is 1. The lowest BCUT2D eigenvalue weighted by molar-refractivity contribution is -0.142. The molecule has 5 nitrogen and oxygen atoms in total. The van der Waals surface area contributed by atoms with E-state index in [1.807, 2.05) is 50.2 Å². The molecule has 172 valence electrons. The van der Waals surface area contributed by atoms with E-state index in [2.05, 4.69) is 5.32 Å². The van der Waals surface area contributed by atoms with Crippen molar-refractivity contribution in [3.63, 3.8) is 0 Å². The number of carbonyl (C=O) groups is 2. The van der Waals surface area contributed by atoms with Crippen LogP contribution in [0.5, 0.6) is 5.75 Å². The van der Waals surface area contributed by atoms with Gasteiger partial charge >= 0.3 is 0 Å². The molecule has 1 saturated carbocycles. The van der Waals surface area contributed by atoms with E-state index in [0.29, 0.717) is 10.8 Å². The zero-order valence-corrected chi connectivity index (χ0v) is 20.0. The van der Waals surface area contributed by atoms with Crippen LogP contribution < -0.4 is 10.1 Å². The molecule has 0 heterocycles. The lowest BCUT2D eigenvalue weighted by atomic mass is 9.95. The van der Waals surface area contributed by atoms with Gasteiger partial charge in [-0.05, 0) is 68.5 Å². The number of nitrogens with one attached hydrogen (secondary N) is 1. The van der Waals surface area contributed by atoms with E-state index >= 15 is 0 Å². The summed E-state index contributed by atoms with van der Waals surface area (Å²) in [5, 5.41) is 3.74. The van der Waals surface area contributed by atoms with E-state index < -0.39 is 6.04 Å². The average Bonchev–Trinajstić information content (AvgIpc) is 2.78. The molecule has 0 radical (unpaired) electrons. The van der Waals surface area contributed by atoms with Gasteiger partial charge in [-0.1, -0.05) is 55.1 Å². The third-order valence-electron chi connectivity index (χ3n) is 6.06. The van der Waals surface area contributed by atoms with Gasteiger partial charge < -0.3 is 15.0 Å². The van der Waals surface area contributed by atoms with Crippen LogP contribution in [0.25, 0.3) is 0 Å². The van der Waals surface area contributed by atoms with Crippen LogP contribution in [0.3, 0.4) is 0 Å². The average molecular weight is 457 g/mol. The number of amides is 2. The molecule has 0 aliphatic heterocycles. The molecule has 1 N–H and O–H groups in total. The van der Waals surface area contributed by atoms with E-state index in [9.17, 15) is 9.59 Å². The van der Waals surface area contributed by atoms with Gasteiger partial charge in [0.15, 0.2) is 6.61 Å². The first kappa shape index (κ1) is 24.1. The Morgan fingerprint density at radius 1 is 1.12 bits per heavy atom. The highest BCUT2D eigenvalue weighted by atomic mass is 35.5. The minimum atomic E-state index is -0.620. The van der Waals surface area contributed by atoms with E-state index in [-0.39, 0.29) is 31.0 Å². The number of hydrogen-bond donors (Lipinski definition) is 1. The third kappa shape index (κ3) is 6.73. The van der Waals surface area contributed by atoms with Crippen molar-refractivity contribution in [3.05, 3.63) is 64.2 Å². The monoisotopic (exact) mass is 456 g/mol. The number of hydrogen-bond acceptors (Lipinski definition) is 3. The van der Waals surface area contributed by atoms with Crippen molar-refractivity contribution in [1.82, 2.24) is 10.2 Å². The molecule has 0 aromatic heterocycles. The van der Waals surface area contributed by atoms with Crippen molar-refractivity contribution < 1.29 is 14.3 Å². The summed E-state index contributed by atoms with van der Waals surface area (Å²) in [6.07, 6.45) is 5.48. The van der Waals surface area contributed by atoms with Crippen molar-refractivity contribution >= 4 is 23.4 Å². The lowest BCUT2D eigenvalue weighted by Crippen LogP contribution is -2.51. The Labute approximate surface area is 196 Å². The second kappa shape index (κ2) is 11.4. The van der Waals surface area contributed by atoms with E-state index in [0.717, 1.165) is 42.4 Å². The van der Waals surface area contributed by atoms with E-state index in [1.165, 1.54) is 6.42 Å². The molecule has 2 aromatic rings. The van der Waals surface area contributed by atoms with Crippen molar-refractivity contribution in [2.75, 3.05) is 6.61 Å². The van der Waals surface area contributed by atoms with Crippen molar-refractivity contribution in [1.29, 1.82) is 0 Å². The standard InChI is InChI=1S/C26H33ClN2O3/c1-18-12-13-19(2)24(14-18)32-17-25(30)29(16-21-8-7-9-22(27)15-21)20(3)26(31)28-23-10-5-4-6-11-23/h7-9,12-15,20,23H,4-6,10-11,16-17H2,1-3H3,(H,28,31)/t20-/m0/s1. The zero-order chi connectivity index (χ0) is 23.1. The topological polar surface area (TPSA) is 58.6 Å². The molecule has 1 fully saturated rings. The predicted octanol–water partition coefficient (Wildman–Crippen LogP) is 5.20. The minimum Gasteiger partial charge on any atom is -0.483 e. The Morgan fingerprint density at radius 2 is 1.88 bits per heavy atom. The van der Waals surface area contributed by atoms with Crippen molar-refractivity contribution in [3.8, 4) is 5.75 Å². The van der Waals surface area contributed by atoms with Crippen LogP contribution in [0, 0.1) is 13.8 Å². The largest absolute Gasteiger partial charge is 0.483 e. The van der Waals surface area contributed by atoms with Crippen LogP contribution >= 0.6 is 11.6 Å². The first-order valence-corrected chi connectivity index (χ1v) is 11.8. The molecule has 0 spiro atoms. The van der Waals surface area contributed by atoms with Crippen LogP contribution in [0.1, 0.15) is 55.7 Å². The molecule has 2 aromatic carbocycles. The van der Waals surface area contributed by atoms with Crippen molar-refractivity contribution in [2.24, 2.45) is 0 Å². The molecule has 0 unspecified atom stereocenters. The highest BCUT2D eigenvalue weighted by Gasteiger charge is 2.28. The molecule has 2 amide bonds. The summed E-state index contributed by atoms with van der Waals surface area (Å²) in [4.78, 5) is 27.8. The Morgan fingerprint density at radius 3 is 2.59 bits per heavy atom. The maximum atomic E-state index is 13.2. The Bertz CT molecular complexity index is 940. The first-order valence-electron chi connectivity index (χ1n) is 11.4. The van der Waals surface area contributed by atoms with Crippen LogP contribution in [-0.4, -0.2) is 35.4 Å². The molecule has 0 bridgehead atoms. The fraction of sp³-hybridized carbons (Fsp3) is 0.462. The van der Waals surface area contributed by atoms with Gasteiger partial charge in [0.25, 0.3) is 5.91 Å². The SMILES string of the molecule is Cc1ccc(C)c(OCC(=O)N(Cc2cccc(Cl)c2)[C@@H](C)C(=O)NC2CCCCC2)c1. The van der Waals surface area contributed by atoms with Crippen LogP contribution in [-0.2, 0) is 16.1 Å². The van der Waals surface area contributed by atoms with Gasteiger partial charge in [-0.25, -0.2) is 0 Å². The summed E-state index contributed by atoms with van der Waals surface area (Å²) in [5.41, 5.74) is 2.90. The van der Waals surface area contributed by atoms with Gasteiger partial charge in [0.1, 0.15) is 11.8 Å². The van der Waals surface area contributed by atoms with Gasteiger partial charge in [0, 0.05) is 17.6 Å². The normalized spacial score (nSPS) is 15.1. The van der Waals surface area contributed by atoms with Gasteiger partial charge in [-0.15, -0.1) is 0 Å². The number of aryl methyl sites for hydroxylation is 2. The number of benzene rings is 2. The number of rotatable bonds is 8. The van der Waals surface area contributed by atoms with Gasteiger partial charge in [-0.3, -0.25) is 9.59 Å². The fourth-order valence-corrected chi connectivity index (χ4v) is 4.28. The molecular weight excluding hydrogens is 424 g/mol. The highest BCUT2D eigenvalue weighted by Crippen LogP contribution is 2.21. The Kier molecular flexibility index (Phi) is 8.57. The Hall–Kier alpha value is -2.53. The molecule has 32 heavy (non-hydrogen) atoms. The van der Waals surface area contributed by atoms with Crippen molar-refractivity contribution in [2.45, 2.75) is 71.5 Å². The maximum absolute atomic E-state index is 13.2. The smallest absolute Gasteiger partial charge is 0.261 e. The van der Waals surface area contributed by atoms with Crippen LogP contribution in [0.4, 0.5) is 0 Å². The summed E-state index contributed by atoms with van der Waals surface area (Å²) in [5.74, 6) is 0.316. The number of halogens is 1. The summed E-state index contributed by atoms with van der Waals surface area (Å²) in [7, 11) is 0. The lowest BCUT2D eigenvalue weighted by Gasteiger charge is -2.31. The molecule has 0 saturated heterocycles. The summed E-state index contributed by atoms with van der Waals surface area (Å²) < 4.78 is 5.85. The number of carbonyl (C=O) groups excluding carboxylic acids is 2. The van der Waals surface area contributed by atoms with Crippen LogP contribution in [0.2, 0.25) is 5.02 Å². The quantitative estimate of drug-likeness (QED) is 0.593. The second-order valence-corrected chi connectivity index (χ2v) is 9.17. The molecule has 1 aliphatic rings. The highest BCUT2D eigenvalue weighted by molar-refractivity contribution is 6.30. The van der Waals surface area contributed by atoms with E-state index in [4.69, 9.17) is 16.3 Å². The summed E-state index contributed by atoms with van der Waals surface area (Å²) >= 11 is 6.14. The first-order chi connectivity index (χ1) is 15.3. The Balaban J connectivity index is 1.73. The summed E-state index contributed by atoms with van der Waals surface area (Å²) in [6, 6.07) is 12.8. The molecule has 1 atom stereocenters. The predicted molar refractivity (Wildman–Crippen MR) is 128 cm³/mol. The van der Waals surface area contributed by atoms with E-state index in [1.54, 1.807) is 17.9 Å². The second-order valence-electron chi connectivity index (χ2n) is 8.73. The minimum absolute atomic E-state index is 0.126. The summed E-state index contributed by atoms with van der Waals surface area (Å²) in [6.45, 7) is 5.86. The molecule has 6 heteroatoms. The van der Waals surface area contributed by atoms with Gasteiger partial charge in [0.2, 0.25) is 5.91 Å².